The molecular weight excluding hydrogens is 310 g/mol. The third-order valence-electron chi connectivity index (χ3n) is 4.39. The van der Waals surface area contributed by atoms with E-state index in [9.17, 15) is 0 Å². The van der Waals surface area contributed by atoms with Crippen molar-refractivity contribution in [1.29, 1.82) is 0 Å². The third kappa shape index (κ3) is 3.90. The summed E-state index contributed by atoms with van der Waals surface area (Å²) in [6.45, 7) is 6.86. The van der Waals surface area contributed by atoms with Crippen molar-refractivity contribution < 1.29 is 0 Å². The van der Waals surface area contributed by atoms with Gasteiger partial charge in [-0.1, -0.05) is 30.2 Å². The Balaban J connectivity index is 1.63. The summed E-state index contributed by atoms with van der Waals surface area (Å²) in [5.74, 6) is 1.28. The predicted molar refractivity (Wildman–Crippen MR) is 91.5 cm³/mol. The van der Waals surface area contributed by atoms with Gasteiger partial charge in [-0.15, -0.1) is 10.2 Å². The summed E-state index contributed by atoms with van der Waals surface area (Å²) >= 11 is 5.99. The predicted octanol–water partition coefficient (Wildman–Crippen LogP) is 3.51. The first-order chi connectivity index (χ1) is 10.9. The fourth-order valence-electron chi connectivity index (χ4n) is 3.13. The van der Waals surface area contributed by atoms with Crippen LogP contribution in [-0.4, -0.2) is 26.2 Å². The molecule has 2 atom stereocenters. The van der Waals surface area contributed by atoms with Crippen LogP contribution in [0.1, 0.15) is 57.3 Å². The van der Waals surface area contributed by atoms with Gasteiger partial charge >= 0.3 is 0 Å². The topological polar surface area (TPSA) is 55.6 Å². The van der Waals surface area contributed by atoms with Crippen LogP contribution in [0.3, 0.4) is 0 Å². The molecule has 1 aromatic heterocycles. The van der Waals surface area contributed by atoms with Crippen molar-refractivity contribution in [2.45, 2.75) is 64.1 Å². The molecule has 0 spiro atoms. The van der Waals surface area contributed by atoms with Gasteiger partial charge in [0.25, 0.3) is 0 Å². The van der Waals surface area contributed by atoms with Gasteiger partial charge in [0.1, 0.15) is 0 Å². The average Bonchev–Trinajstić information content (AvgIpc) is 3.14. The second-order valence-corrected chi connectivity index (χ2v) is 7.68. The van der Waals surface area contributed by atoms with Gasteiger partial charge in [-0.25, -0.2) is 0 Å². The van der Waals surface area contributed by atoms with Crippen molar-refractivity contribution in [3.8, 4) is 0 Å². The summed E-state index contributed by atoms with van der Waals surface area (Å²) in [6.07, 6.45) is 3.63. The van der Waals surface area contributed by atoms with E-state index in [0.29, 0.717) is 18.5 Å². The Hall–Kier alpha value is -1.46. The van der Waals surface area contributed by atoms with Crippen LogP contribution in [0.25, 0.3) is 0 Å². The molecular formula is C17H24ClN5. The standard InChI is InChI=1S/C17H24ClN5/c1-17(2,3)23-21-16(20-22-23)11-19-15-6-4-5-14(15)12-7-9-13(18)10-8-12/h7-10,14-15,19H,4-6,11H2,1-3H3. The molecule has 0 amide bonds. The van der Waals surface area contributed by atoms with Crippen LogP contribution in [0.5, 0.6) is 0 Å². The Morgan fingerprint density at radius 2 is 1.96 bits per heavy atom. The Morgan fingerprint density at radius 1 is 1.22 bits per heavy atom. The SMILES string of the molecule is CC(C)(C)n1nnc(CNC2CCCC2c2ccc(Cl)cc2)n1. The molecule has 3 rings (SSSR count). The van der Waals surface area contributed by atoms with Crippen LogP contribution in [0.15, 0.2) is 24.3 Å². The van der Waals surface area contributed by atoms with E-state index in [2.05, 4.69) is 53.6 Å². The van der Waals surface area contributed by atoms with Crippen LogP contribution in [0.4, 0.5) is 0 Å². The highest BCUT2D eigenvalue weighted by molar-refractivity contribution is 6.30. The van der Waals surface area contributed by atoms with Gasteiger partial charge in [0.05, 0.1) is 12.1 Å². The summed E-state index contributed by atoms with van der Waals surface area (Å²) in [7, 11) is 0. The zero-order chi connectivity index (χ0) is 16.4. The average molecular weight is 334 g/mol. The summed E-state index contributed by atoms with van der Waals surface area (Å²) in [4.78, 5) is 1.68. The van der Waals surface area contributed by atoms with Crippen LogP contribution in [0.2, 0.25) is 5.02 Å². The summed E-state index contributed by atoms with van der Waals surface area (Å²) < 4.78 is 0. The molecule has 1 aromatic carbocycles. The van der Waals surface area contributed by atoms with Crippen molar-refractivity contribution in [3.63, 3.8) is 0 Å². The molecule has 0 saturated heterocycles. The molecule has 1 aliphatic rings. The first-order valence-electron chi connectivity index (χ1n) is 8.22. The number of hydrogen-bond donors (Lipinski definition) is 1. The summed E-state index contributed by atoms with van der Waals surface area (Å²) in [5, 5.41) is 17.2. The molecule has 124 valence electrons. The third-order valence-corrected chi connectivity index (χ3v) is 4.64. The first-order valence-corrected chi connectivity index (χ1v) is 8.59. The summed E-state index contributed by atoms with van der Waals surface area (Å²) in [5.41, 5.74) is 1.22. The van der Waals surface area contributed by atoms with Gasteiger partial charge in [0.15, 0.2) is 5.82 Å². The minimum atomic E-state index is -0.134. The minimum Gasteiger partial charge on any atom is -0.306 e. The van der Waals surface area contributed by atoms with Gasteiger partial charge in [-0.05, 0) is 62.4 Å². The van der Waals surface area contributed by atoms with E-state index >= 15 is 0 Å². The van der Waals surface area contributed by atoms with Crippen molar-refractivity contribution in [1.82, 2.24) is 25.5 Å². The molecule has 2 unspecified atom stereocenters. The monoisotopic (exact) mass is 333 g/mol. The Labute approximate surface area is 142 Å². The molecule has 2 aromatic rings. The molecule has 0 radical (unpaired) electrons. The van der Waals surface area contributed by atoms with E-state index in [4.69, 9.17) is 11.6 Å². The number of hydrogen-bond acceptors (Lipinski definition) is 4. The van der Waals surface area contributed by atoms with Gasteiger partial charge < -0.3 is 5.32 Å². The number of benzene rings is 1. The van der Waals surface area contributed by atoms with Crippen LogP contribution in [-0.2, 0) is 12.1 Å². The van der Waals surface area contributed by atoms with Crippen molar-refractivity contribution >= 4 is 11.6 Å². The van der Waals surface area contributed by atoms with Crippen LogP contribution in [0, 0.1) is 0 Å². The maximum Gasteiger partial charge on any atom is 0.188 e. The van der Waals surface area contributed by atoms with Gasteiger partial charge in [-0.2, -0.15) is 4.80 Å². The normalized spacial score (nSPS) is 21.7. The Bertz CT molecular complexity index is 644. The van der Waals surface area contributed by atoms with Gasteiger partial charge in [0.2, 0.25) is 0 Å². The number of tetrazole rings is 1. The zero-order valence-corrected chi connectivity index (χ0v) is 14.7. The molecule has 1 heterocycles. The van der Waals surface area contributed by atoms with E-state index < -0.39 is 0 Å². The lowest BCUT2D eigenvalue weighted by atomic mass is 9.94. The first kappa shape index (κ1) is 16.4. The van der Waals surface area contributed by atoms with E-state index in [1.807, 2.05) is 12.1 Å². The fraction of sp³-hybridized carbons (Fsp3) is 0.588. The van der Waals surface area contributed by atoms with Gasteiger partial charge in [-0.3, -0.25) is 0 Å². The second kappa shape index (κ2) is 6.57. The van der Waals surface area contributed by atoms with Gasteiger partial charge in [0, 0.05) is 11.1 Å². The molecule has 1 saturated carbocycles. The lowest BCUT2D eigenvalue weighted by Crippen LogP contribution is -2.31. The molecule has 1 aliphatic carbocycles. The molecule has 1 fully saturated rings. The number of nitrogens with zero attached hydrogens (tertiary/aromatic N) is 4. The molecule has 1 N–H and O–H groups in total. The molecule has 23 heavy (non-hydrogen) atoms. The highest BCUT2D eigenvalue weighted by atomic mass is 35.5. The lowest BCUT2D eigenvalue weighted by Gasteiger charge is -2.21. The smallest absolute Gasteiger partial charge is 0.188 e. The van der Waals surface area contributed by atoms with E-state index in [1.165, 1.54) is 24.8 Å². The fourth-order valence-corrected chi connectivity index (χ4v) is 3.26. The molecule has 0 aliphatic heterocycles. The molecule has 6 heteroatoms. The summed E-state index contributed by atoms with van der Waals surface area (Å²) in [6, 6.07) is 8.69. The largest absolute Gasteiger partial charge is 0.306 e. The van der Waals surface area contributed by atoms with E-state index in [-0.39, 0.29) is 5.54 Å². The number of aromatic nitrogens is 4. The van der Waals surface area contributed by atoms with Crippen molar-refractivity contribution in [2.75, 3.05) is 0 Å². The quantitative estimate of drug-likeness (QED) is 0.930. The number of rotatable bonds is 4. The van der Waals surface area contributed by atoms with Crippen molar-refractivity contribution in [3.05, 3.63) is 40.7 Å². The van der Waals surface area contributed by atoms with E-state index in [0.717, 1.165) is 10.8 Å². The second-order valence-electron chi connectivity index (χ2n) is 7.24. The highest BCUT2D eigenvalue weighted by Crippen LogP contribution is 2.35. The number of nitrogens with one attached hydrogen (secondary N) is 1. The Kier molecular flexibility index (Phi) is 4.69. The Morgan fingerprint density at radius 3 is 2.61 bits per heavy atom. The highest BCUT2D eigenvalue weighted by Gasteiger charge is 2.28. The van der Waals surface area contributed by atoms with Crippen LogP contribution >= 0.6 is 11.6 Å². The zero-order valence-electron chi connectivity index (χ0n) is 14.0. The molecule has 5 nitrogen and oxygen atoms in total. The maximum atomic E-state index is 5.99. The lowest BCUT2D eigenvalue weighted by molar-refractivity contribution is 0.305. The van der Waals surface area contributed by atoms with E-state index in [1.54, 1.807) is 4.80 Å². The van der Waals surface area contributed by atoms with Crippen LogP contribution < -0.4 is 5.32 Å². The number of halogens is 1. The maximum absolute atomic E-state index is 5.99. The molecule has 0 bridgehead atoms. The minimum absolute atomic E-state index is 0.134. The van der Waals surface area contributed by atoms with Crippen molar-refractivity contribution in [2.24, 2.45) is 0 Å².